The first-order chi connectivity index (χ1) is 9.12. The van der Waals surface area contributed by atoms with Crippen molar-refractivity contribution in [2.75, 3.05) is 6.54 Å². The lowest BCUT2D eigenvalue weighted by molar-refractivity contribution is -0.135. The van der Waals surface area contributed by atoms with Gasteiger partial charge in [-0.25, -0.2) is 4.79 Å². The molecule has 1 fully saturated rings. The third-order valence-electron chi connectivity index (χ3n) is 4.18. The molecule has 2 N–H and O–H groups in total. The van der Waals surface area contributed by atoms with Crippen LogP contribution in [0.4, 0.5) is 0 Å². The van der Waals surface area contributed by atoms with Crippen molar-refractivity contribution in [3.63, 3.8) is 0 Å². The molecule has 1 saturated carbocycles. The van der Waals surface area contributed by atoms with Gasteiger partial charge in [-0.1, -0.05) is 30.3 Å². The zero-order chi connectivity index (χ0) is 13.5. The van der Waals surface area contributed by atoms with E-state index in [1.807, 2.05) is 30.3 Å². The molecule has 1 aliphatic heterocycles. The monoisotopic (exact) mass is 259 g/mol. The molecule has 19 heavy (non-hydrogen) atoms. The summed E-state index contributed by atoms with van der Waals surface area (Å²) in [6.07, 6.45) is 2.67. The largest absolute Gasteiger partial charge is 0.509 e. The predicted molar refractivity (Wildman–Crippen MR) is 70.4 cm³/mol. The third-order valence-corrected chi connectivity index (χ3v) is 4.18. The van der Waals surface area contributed by atoms with E-state index in [9.17, 15) is 15.0 Å². The molecule has 0 amide bonds. The fourth-order valence-corrected chi connectivity index (χ4v) is 2.82. The van der Waals surface area contributed by atoms with Gasteiger partial charge in [0, 0.05) is 18.5 Å². The molecule has 4 nitrogen and oxygen atoms in total. The quantitative estimate of drug-likeness (QED) is 0.875. The van der Waals surface area contributed by atoms with Gasteiger partial charge in [0.15, 0.2) is 5.70 Å². The first-order valence-electron chi connectivity index (χ1n) is 6.58. The van der Waals surface area contributed by atoms with Crippen LogP contribution < -0.4 is 0 Å². The summed E-state index contributed by atoms with van der Waals surface area (Å²) in [5, 5.41) is 19.6. The van der Waals surface area contributed by atoms with Crippen molar-refractivity contribution in [3.05, 3.63) is 47.4 Å². The Hall–Kier alpha value is -1.97. The van der Waals surface area contributed by atoms with Crippen LogP contribution >= 0.6 is 0 Å². The van der Waals surface area contributed by atoms with Crippen molar-refractivity contribution in [2.45, 2.75) is 25.8 Å². The molecule has 1 heterocycles. The smallest absolute Gasteiger partial charge is 0.355 e. The third kappa shape index (κ3) is 2.07. The highest BCUT2D eigenvalue weighted by Crippen LogP contribution is 2.56. The SMILES string of the molecule is O=C(O)C1=C(O)C2(CCN1Cc1ccccc1)CC2. The van der Waals surface area contributed by atoms with Crippen LogP contribution in [-0.2, 0) is 11.3 Å². The number of carboxylic acids is 1. The summed E-state index contributed by atoms with van der Waals surface area (Å²) in [5.74, 6) is -0.943. The molecule has 1 aromatic carbocycles. The molecule has 0 radical (unpaired) electrons. The highest BCUT2D eigenvalue weighted by atomic mass is 16.4. The molecule has 0 unspecified atom stereocenters. The highest BCUT2D eigenvalue weighted by Gasteiger charge is 2.52. The summed E-state index contributed by atoms with van der Waals surface area (Å²) in [5.41, 5.74) is 0.925. The van der Waals surface area contributed by atoms with Gasteiger partial charge in [0.1, 0.15) is 5.76 Å². The van der Waals surface area contributed by atoms with Crippen molar-refractivity contribution < 1.29 is 15.0 Å². The van der Waals surface area contributed by atoms with Crippen molar-refractivity contribution in [2.24, 2.45) is 5.41 Å². The lowest BCUT2D eigenvalue weighted by Gasteiger charge is -2.34. The Morgan fingerprint density at radius 2 is 1.89 bits per heavy atom. The molecule has 1 spiro atoms. The average molecular weight is 259 g/mol. The van der Waals surface area contributed by atoms with Crippen molar-refractivity contribution >= 4 is 5.97 Å². The fraction of sp³-hybridized carbons (Fsp3) is 0.400. The van der Waals surface area contributed by atoms with Gasteiger partial charge in [-0.2, -0.15) is 0 Å². The van der Waals surface area contributed by atoms with E-state index in [0.29, 0.717) is 13.1 Å². The summed E-state index contributed by atoms with van der Waals surface area (Å²) in [6, 6.07) is 9.75. The second kappa shape index (κ2) is 4.30. The maximum Gasteiger partial charge on any atom is 0.355 e. The van der Waals surface area contributed by atoms with E-state index in [1.165, 1.54) is 0 Å². The Morgan fingerprint density at radius 3 is 2.47 bits per heavy atom. The Balaban J connectivity index is 1.89. The topological polar surface area (TPSA) is 60.8 Å². The van der Waals surface area contributed by atoms with Gasteiger partial charge in [0.25, 0.3) is 0 Å². The van der Waals surface area contributed by atoms with E-state index >= 15 is 0 Å². The summed E-state index contributed by atoms with van der Waals surface area (Å²) in [4.78, 5) is 13.2. The van der Waals surface area contributed by atoms with Gasteiger partial charge in [0.05, 0.1) is 0 Å². The van der Waals surface area contributed by atoms with Crippen LogP contribution in [0.15, 0.2) is 41.8 Å². The van der Waals surface area contributed by atoms with Crippen LogP contribution in [0.5, 0.6) is 0 Å². The zero-order valence-corrected chi connectivity index (χ0v) is 10.7. The van der Waals surface area contributed by atoms with Crippen LogP contribution in [0.25, 0.3) is 0 Å². The second-order valence-electron chi connectivity index (χ2n) is 5.44. The van der Waals surface area contributed by atoms with Gasteiger partial charge in [0.2, 0.25) is 0 Å². The molecule has 2 aliphatic rings. The van der Waals surface area contributed by atoms with E-state index in [-0.39, 0.29) is 16.9 Å². The van der Waals surface area contributed by atoms with Crippen molar-refractivity contribution in [1.29, 1.82) is 0 Å². The summed E-state index contributed by atoms with van der Waals surface area (Å²) in [6.45, 7) is 1.23. The first kappa shape index (κ1) is 12.1. The van der Waals surface area contributed by atoms with Crippen LogP contribution in [0, 0.1) is 5.41 Å². The molecule has 4 heteroatoms. The number of carboxylic acid groups (broad SMARTS) is 1. The molecule has 0 aromatic heterocycles. The molecular formula is C15H17NO3. The molecule has 3 rings (SSSR count). The number of carbonyl (C=O) groups is 1. The van der Waals surface area contributed by atoms with E-state index in [0.717, 1.165) is 24.8 Å². The number of hydrogen-bond acceptors (Lipinski definition) is 3. The number of allylic oxidation sites excluding steroid dienone is 1. The fourth-order valence-electron chi connectivity index (χ4n) is 2.82. The lowest BCUT2D eigenvalue weighted by Crippen LogP contribution is -2.36. The Morgan fingerprint density at radius 1 is 1.21 bits per heavy atom. The van der Waals surface area contributed by atoms with Gasteiger partial charge < -0.3 is 15.1 Å². The molecule has 0 atom stereocenters. The summed E-state index contributed by atoms with van der Waals surface area (Å²) >= 11 is 0. The maximum absolute atomic E-state index is 11.4. The minimum atomic E-state index is -1.03. The zero-order valence-electron chi connectivity index (χ0n) is 10.7. The van der Waals surface area contributed by atoms with Crippen LogP contribution in [0.3, 0.4) is 0 Å². The second-order valence-corrected chi connectivity index (χ2v) is 5.44. The number of nitrogens with zero attached hydrogens (tertiary/aromatic N) is 1. The van der Waals surface area contributed by atoms with Gasteiger partial charge >= 0.3 is 5.97 Å². The van der Waals surface area contributed by atoms with Crippen molar-refractivity contribution in [1.82, 2.24) is 4.90 Å². The minimum Gasteiger partial charge on any atom is -0.509 e. The van der Waals surface area contributed by atoms with Gasteiger partial charge in [-0.15, -0.1) is 0 Å². The standard InChI is InChI=1S/C15H17NO3/c17-13-12(14(18)19)16(9-8-15(13)6-7-15)10-11-4-2-1-3-5-11/h1-5,17H,6-10H2,(H,18,19). The highest BCUT2D eigenvalue weighted by molar-refractivity contribution is 5.87. The number of benzene rings is 1. The number of aliphatic hydroxyl groups is 1. The average Bonchev–Trinajstić information content (AvgIpc) is 3.16. The molecule has 1 aromatic rings. The van der Waals surface area contributed by atoms with Crippen LogP contribution in [-0.4, -0.2) is 27.6 Å². The molecule has 0 bridgehead atoms. The van der Waals surface area contributed by atoms with E-state index in [1.54, 1.807) is 4.90 Å². The van der Waals surface area contributed by atoms with Crippen molar-refractivity contribution in [3.8, 4) is 0 Å². The number of aliphatic carboxylic acids is 1. The van der Waals surface area contributed by atoms with E-state index in [4.69, 9.17) is 0 Å². The number of aliphatic hydroxyl groups excluding tert-OH is 1. The maximum atomic E-state index is 11.4. The Kier molecular flexibility index (Phi) is 2.73. The first-order valence-corrected chi connectivity index (χ1v) is 6.58. The molecular weight excluding hydrogens is 242 g/mol. The molecule has 0 saturated heterocycles. The lowest BCUT2D eigenvalue weighted by atomic mass is 9.93. The Labute approximate surface area is 112 Å². The summed E-state index contributed by atoms with van der Waals surface area (Å²) < 4.78 is 0. The van der Waals surface area contributed by atoms with Gasteiger partial charge in [-0.3, -0.25) is 0 Å². The summed E-state index contributed by atoms with van der Waals surface area (Å²) in [7, 11) is 0. The van der Waals surface area contributed by atoms with E-state index < -0.39 is 5.97 Å². The number of hydrogen-bond donors (Lipinski definition) is 2. The molecule has 1 aliphatic carbocycles. The van der Waals surface area contributed by atoms with Gasteiger partial charge in [-0.05, 0) is 24.8 Å². The molecule has 100 valence electrons. The van der Waals surface area contributed by atoms with Crippen LogP contribution in [0.1, 0.15) is 24.8 Å². The normalized spacial score (nSPS) is 20.7. The Bertz CT molecular complexity index is 532. The predicted octanol–water partition coefficient (Wildman–Crippen LogP) is 2.53. The number of rotatable bonds is 3. The van der Waals surface area contributed by atoms with Crippen LogP contribution in [0.2, 0.25) is 0 Å². The van der Waals surface area contributed by atoms with E-state index in [2.05, 4.69) is 0 Å². The minimum absolute atomic E-state index is 0.0854.